The molecule has 0 bridgehead atoms. The molecule has 0 unspecified atom stereocenters. The number of nitrogens with zero attached hydrogens (tertiary/aromatic N) is 1. The van der Waals surface area contributed by atoms with Crippen molar-refractivity contribution in [2.24, 2.45) is 47.3 Å². The quantitative estimate of drug-likeness (QED) is 0.0259. The standard InChI is InChI=1S/C83H131FN14O16/c1-21-49(16)67(79(109)97-70-53(20)114-83(113)66(48(14)15)93-71(101)57(23-3)86-73(103)59(41-54-31-25-24-26-32-54)88-75(105)63(45(8)9)90-78(108)68(50(17)22-2)95-81(70)111)94-72(102)58(33-28-38-85-42-55-36-37-56(84)51(18)40-55)87-74(104)60-34-29-39-98(60)82(112)65(47(12)13)92-77(107)64(46(10)11)91-80(110)69(52(19)99)96-76(106)62(44(6)7)89-61(100)35-27-30-43(4)5/h23-26,31-32,36-37,40,43-50,52-53,58-60,62-70,85,99H,21-22,27-30,33-35,38-39,41-42H2,1-20H3,(H,86,103)(H,87,104)(H,88,105)(H,89,100)(H,90,108)(H,91,110)(H,92,107)(H,93,101)(H,94,102)(H,95,111)(H,96,106)(H,97,109)/b57-23-/t49-,50-,52+,53+,58-,59-,60+,62+,63+,64-,65+,66-,67-,68-,69-,70-/m0/s1. The Bertz CT molecular complexity index is 3650. The summed E-state index contributed by atoms with van der Waals surface area (Å²) >= 11 is 0. The van der Waals surface area contributed by atoms with Gasteiger partial charge in [0.05, 0.1) is 6.10 Å². The summed E-state index contributed by atoms with van der Waals surface area (Å²) in [7, 11) is 0. The van der Waals surface area contributed by atoms with Gasteiger partial charge in [0.1, 0.15) is 90.1 Å². The summed E-state index contributed by atoms with van der Waals surface area (Å²) in [5, 5.41) is 46.8. The first-order valence-corrected chi connectivity index (χ1v) is 40.6. The molecule has 2 aliphatic heterocycles. The first kappa shape index (κ1) is 97.0. The summed E-state index contributed by atoms with van der Waals surface area (Å²) in [5.74, 6) is -15.8. The molecule has 0 aliphatic carbocycles. The summed E-state index contributed by atoms with van der Waals surface area (Å²) in [6, 6.07) is -3.33. The molecule has 2 heterocycles. The number of ether oxygens (including phenoxy) is 1. The number of cyclic esters (lactones) is 1. The minimum absolute atomic E-state index is 0.0451. The lowest BCUT2D eigenvalue weighted by Gasteiger charge is -2.34. The number of likely N-dealkylation sites (tertiary alicyclic amines) is 1. The lowest BCUT2D eigenvalue weighted by Crippen LogP contribution is -2.64. The molecular weight excluding hydrogens is 1470 g/mol. The minimum atomic E-state index is -1.86. The molecule has 0 aromatic heterocycles. The van der Waals surface area contributed by atoms with Gasteiger partial charge < -0.3 is 83.9 Å². The monoisotopic (exact) mass is 1600 g/mol. The molecule has 2 fully saturated rings. The van der Waals surface area contributed by atoms with Crippen molar-refractivity contribution >= 4 is 82.8 Å². The van der Waals surface area contributed by atoms with Crippen molar-refractivity contribution < 1.29 is 81.4 Å². The molecule has 636 valence electrons. The third kappa shape index (κ3) is 29.5. The van der Waals surface area contributed by atoms with Crippen molar-refractivity contribution in [2.45, 2.75) is 294 Å². The summed E-state index contributed by atoms with van der Waals surface area (Å²) in [4.78, 5) is 204. The SMILES string of the molecule is C/C=C1\NC(=O)[C@H](Cc2ccccc2)NC(=O)[C@@H](C(C)C)NC(=O)[C@H]([C@@H](C)CC)NC(=O)[C@@H](NC(=O)[C@@H](NC(=O)[C@H](CCCNCc2ccc(F)c(C)c2)NC(=O)[C@H]2CCCN2C(=O)[C@H](NC(=O)[C@@H](NC(=O)[C@@H](NC(=O)[C@H](NC(=O)CCCC(C)C)C(C)C)[C@@H](C)O)C(C)C)C(C)C)[C@@H](C)CC)[C@@H](C)OC(=O)[C@H](C(C)C)NC1=O. The van der Waals surface area contributed by atoms with E-state index in [1.54, 1.807) is 146 Å². The predicted molar refractivity (Wildman–Crippen MR) is 429 cm³/mol. The third-order valence-corrected chi connectivity index (χ3v) is 21.0. The van der Waals surface area contributed by atoms with Crippen LogP contribution in [0.1, 0.15) is 206 Å². The van der Waals surface area contributed by atoms with Crippen molar-refractivity contribution in [1.29, 1.82) is 0 Å². The van der Waals surface area contributed by atoms with Crippen molar-refractivity contribution in [2.75, 3.05) is 13.1 Å². The molecule has 16 atom stereocenters. The van der Waals surface area contributed by atoms with Crippen LogP contribution in [0.5, 0.6) is 0 Å². The van der Waals surface area contributed by atoms with Gasteiger partial charge in [-0.3, -0.25) is 62.3 Å². The maximum atomic E-state index is 15.3. The highest BCUT2D eigenvalue weighted by Gasteiger charge is 2.45. The van der Waals surface area contributed by atoms with Crippen LogP contribution in [0.15, 0.2) is 60.3 Å². The first-order valence-electron chi connectivity index (χ1n) is 40.6. The third-order valence-electron chi connectivity index (χ3n) is 21.0. The van der Waals surface area contributed by atoms with Crippen LogP contribution in [-0.4, -0.2) is 191 Å². The zero-order chi connectivity index (χ0) is 85.7. The number of aliphatic hydroxyl groups is 1. The highest BCUT2D eigenvalue weighted by molar-refractivity contribution is 6.03. The maximum absolute atomic E-state index is 15.3. The Kier molecular flexibility index (Phi) is 39.8. The number of rotatable bonds is 36. The number of carbonyl (C=O) groups excluding carboxylic acids is 14. The van der Waals surface area contributed by atoms with Gasteiger partial charge in [-0.2, -0.15) is 0 Å². The highest BCUT2D eigenvalue weighted by Crippen LogP contribution is 2.24. The number of carbonyl (C=O) groups is 14. The van der Waals surface area contributed by atoms with Crippen LogP contribution >= 0.6 is 0 Å². The van der Waals surface area contributed by atoms with E-state index in [9.17, 15) is 62.2 Å². The number of hydrogen-bond donors (Lipinski definition) is 14. The van der Waals surface area contributed by atoms with Gasteiger partial charge in [0.15, 0.2) is 0 Å². The van der Waals surface area contributed by atoms with Gasteiger partial charge in [0.2, 0.25) is 70.9 Å². The molecule has 4 rings (SSSR count). The van der Waals surface area contributed by atoms with Gasteiger partial charge in [0, 0.05) is 25.9 Å². The van der Waals surface area contributed by atoms with E-state index in [-0.39, 0.29) is 69.0 Å². The molecule has 2 aliphatic rings. The molecule has 2 saturated heterocycles. The van der Waals surface area contributed by atoms with Crippen LogP contribution < -0.4 is 69.1 Å². The van der Waals surface area contributed by atoms with Gasteiger partial charge in [-0.25, -0.2) is 9.18 Å². The van der Waals surface area contributed by atoms with Gasteiger partial charge in [-0.05, 0) is 136 Å². The lowest BCUT2D eigenvalue weighted by atomic mass is 9.95. The number of aliphatic hydroxyl groups excluding tert-OH is 1. The number of aryl methyl sites for hydroxylation is 1. The number of amides is 13. The predicted octanol–water partition coefficient (Wildman–Crippen LogP) is 4.12. The van der Waals surface area contributed by atoms with Crippen LogP contribution in [-0.2, 0) is 84.8 Å². The second-order valence-corrected chi connectivity index (χ2v) is 32.7. The fourth-order valence-corrected chi connectivity index (χ4v) is 13.3. The summed E-state index contributed by atoms with van der Waals surface area (Å²) in [6.07, 6.45) is 0.870. The molecule has 13 amide bonds. The Morgan fingerprint density at radius 3 is 1.75 bits per heavy atom. The topological polar surface area (TPSA) is 428 Å². The molecule has 30 nitrogen and oxygen atoms in total. The van der Waals surface area contributed by atoms with Gasteiger partial charge in [-0.15, -0.1) is 0 Å². The number of nitrogens with one attached hydrogen (secondary N) is 13. The smallest absolute Gasteiger partial charge is 0.329 e. The molecular formula is C83H131FN14O16. The number of benzene rings is 2. The van der Waals surface area contributed by atoms with E-state index in [2.05, 4.69) is 69.1 Å². The Labute approximate surface area is 672 Å². The zero-order valence-electron chi connectivity index (χ0n) is 70.5. The summed E-state index contributed by atoms with van der Waals surface area (Å²) < 4.78 is 20.3. The maximum Gasteiger partial charge on any atom is 0.329 e. The average Bonchev–Trinajstić information content (AvgIpc) is 1.78. The van der Waals surface area contributed by atoms with Crippen molar-refractivity contribution in [3.8, 4) is 0 Å². The van der Waals surface area contributed by atoms with E-state index in [0.717, 1.165) is 12.0 Å². The number of allylic oxidation sites excluding steroid dienone is 1. The summed E-state index contributed by atoms with van der Waals surface area (Å²) in [6.45, 7) is 33.8. The summed E-state index contributed by atoms with van der Waals surface area (Å²) in [5.41, 5.74) is 1.56. The van der Waals surface area contributed by atoms with Gasteiger partial charge in [-0.1, -0.05) is 179 Å². The molecule has 0 saturated carbocycles. The normalized spacial score (nSPS) is 21.7. The molecule has 0 spiro atoms. The van der Waals surface area contributed by atoms with E-state index < -0.39 is 203 Å². The van der Waals surface area contributed by atoms with Crippen molar-refractivity contribution in [1.82, 2.24) is 74.0 Å². The van der Waals surface area contributed by atoms with Gasteiger partial charge in [0.25, 0.3) is 5.91 Å². The van der Waals surface area contributed by atoms with Crippen molar-refractivity contribution in [3.05, 3.63) is 82.8 Å². The molecule has 114 heavy (non-hydrogen) atoms. The molecule has 2 aromatic rings. The van der Waals surface area contributed by atoms with Crippen LogP contribution in [0.4, 0.5) is 4.39 Å². The van der Waals surface area contributed by atoms with E-state index in [1.807, 2.05) is 13.8 Å². The van der Waals surface area contributed by atoms with E-state index >= 15 is 14.4 Å². The van der Waals surface area contributed by atoms with E-state index in [0.29, 0.717) is 42.9 Å². The Morgan fingerprint density at radius 2 is 1.18 bits per heavy atom. The zero-order valence-corrected chi connectivity index (χ0v) is 70.5. The average molecular weight is 1600 g/mol. The number of hydrogen-bond acceptors (Lipinski definition) is 17. The van der Waals surface area contributed by atoms with E-state index in [4.69, 9.17) is 4.74 Å². The molecule has 0 radical (unpaired) electrons. The highest BCUT2D eigenvalue weighted by atomic mass is 19.1. The fourth-order valence-electron chi connectivity index (χ4n) is 13.3. The second-order valence-electron chi connectivity index (χ2n) is 32.7. The molecule has 14 N–H and O–H groups in total. The van der Waals surface area contributed by atoms with Crippen LogP contribution in [0.3, 0.4) is 0 Å². The second kappa shape index (κ2) is 46.8. The van der Waals surface area contributed by atoms with Crippen LogP contribution in [0.25, 0.3) is 0 Å². The molecule has 31 heteroatoms. The largest absolute Gasteiger partial charge is 0.458 e. The number of halogens is 1. The Hall–Kier alpha value is -9.39. The first-order chi connectivity index (χ1) is 53.6. The number of esters is 1. The van der Waals surface area contributed by atoms with E-state index in [1.165, 1.54) is 37.8 Å². The van der Waals surface area contributed by atoms with Gasteiger partial charge >= 0.3 is 5.97 Å². The lowest BCUT2D eigenvalue weighted by molar-refractivity contribution is -0.157. The van der Waals surface area contributed by atoms with Crippen molar-refractivity contribution in [3.63, 3.8) is 0 Å². The Balaban J connectivity index is 1.72. The van der Waals surface area contributed by atoms with Crippen LogP contribution in [0, 0.1) is 60.1 Å². The minimum Gasteiger partial charge on any atom is -0.458 e. The fraction of sp³-hybridized carbons (Fsp3) is 0.663. The Morgan fingerprint density at radius 1 is 0.614 bits per heavy atom. The molecule has 2 aromatic carbocycles. The van der Waals surface area contributed by atoms with Crippen LogP contribution in [0.2, 0.25) is 0 Å².